The largest absolute Gasteiger partial charge is 0.443 e. The first-order chi connectivity index (χ1) is 9.91. The summed E-state index contributed by atoms with van der Waals surface area (Å²) in [5.41, 5.74) is 0.801. The van der Waals surface area contributed by atoms with Crippen LogP contribution in [0.2, 0.25) is 0 Å². The van der Waals surface area contributed by atoms with E-state index in [0.717, 1.165) is 16.5 Å². The summed E-state index contributed by atoms with van der Waals surface area (Å²) in [5.74, 6) is 0. The number of pyridine rings is 1. The number of rotatable bonds is 5. The van der Waals surface area contributed by atoms with Gasteiger partial charge in [0.1, 0.15) is 0 Å². The topological polar surface area (TPSA) is 37.8 Å². The highest BCUT2D eigenvalue weighted by atomic mass is 79.9. The molecule has 2 aromatic heterocycles. The fourth-order valence-corrected chi connectivity index (χ4v) is 3.08. The number of nitrogens with zero attached hydrogens (tertiary/aromatic N) is 2. The molecule has 0 saturated heterocycles. The van der Waals surface area contributed by atoms with Crippen molar-refractivity contribution >= 4 is 27.3 Å². The Morgan fingerprint density at radius 3 is 2.67 bits per heavy atom. The number of hydrogen-bond acceptors (Lipinski definition) is 4. The van der Waals surface area contributed by atoms with Crippen molar-refractivity contribution < 1.29 is 13.2 Å². The van der Waals surface area contributed by atoms with Crippen LogP contribution in [0.4, 0.5) is 13.2 Å². The van der Waals surface area contributed by atoms with Crippen LogP contribution in [0.5, 0.6) is 0 Å². The lowest BCUT2D eigenvalue weighted by Gasteiger charge is -2.17. The van der Waals surface area contributed by atoms with Crippen LogP contribution in [0.25, 0.3) is 0 Å². The fourth-order valence-electron chi connectivity index (χ4n) is 1.81. The summed E-state index contributed by atoms with van der Waals surface area (Å²) in [4.78, 5) is 8.08. The van der Waals surface area contributed by atoms with Crippen LogP contribution in [0, 0.1) is 0 Å². The van der Waals surface area contributed by atoms with E-state index >= 15 is 0 Å². The van der Waals surface area contributed by atoms with Gasteiger partial charge in [0.15, 0.2) is 5.01 Å². The molecule has 0 radical (unpaired) electrons. The van der Waals surface area contributed by atoms with Crippen molar-refractivity contribution in [2.75, 3.05) is 6.54 Å². The second kappa shape index (κ2) is 6.85. The van der Waals surface area contributed by atoms with E-state index in [4.69, 9.17) is 0 Å². The van der Waals surface area contributed by atoms with Crippen molar-refractivity contribution in [1.82, 2.24) is 15.3 Å². The van der Waals surface area contributed by atoms with E-state index in [2.05, 4.69) is 31.2 Å². The van der Waals surface area contributed by atoms with E-state index in [1.165, 1.54) is 6.20 Å². The molecule has 0 aliphatic heterocycles. The zero-order valence-corrected chi connectivity index (χ0v) is 13.5. The van der Waals surface area contributed by atoms with E-state index < -0.39 is 11.2 Å². The summed E-state index contributed by atoms with van der Waals surface area (Å²) in [7, 11) is 0. The third-order valence-electron chi connectivity index (χ3n) is 2.71. The second-order valence-electron chi connectivity index (χ2n) is 4.39. The molecule has 0 bridgehead atoms. The molecule has 1 atom stereocenters. The van der Waals surface area contributed by atoms with E-state index in [9.17, 15) is 13.2 Å². The number of nitrogens with one attached hydrogen (secondary N) is 1. The Morgan fingerprint density at radius 2 is 2.10 bits per heavy atom. The molecule has 1 unspecified atom stereocenters. The quantitative estimate of drug-likeness (QED) is 0.835. The van der Waals surface area contributed by atoms with Gasteiger partial charge in [-0.2, -0.15) is 13.2 Å². The van der Waals surface area contributed by atoms with Crippen LogP contribution in [0.1, 0.15) is 34.8 Å². The molecule has 0 aliphatic carbocycles. The molecule has 21 heavy (non-hydrogen) atoms. The minimum Gasteiger partial charge on any atom is -0.306 e. The first-order valence-corrected chi connectivity index (χ1v) is 7.89. The smallest absolute Gasteiger partial charge is 0.306 e. The maximum atomic E-state index is 12.7. The molecule has 8 heteroatoms. The fraction of sp³-hybridized carbons (Fsp3) is 0.385. The Labute approximate surface area is 132 Å². The van der Waals surface area contributed by atoms with Crippen LogP contribution in [0.15, 0.2) is 29.1 Å². The average Bonchev–Trinajstić information content (AvgIpc) is 2.89. The number of alkyl halides is 3. The van der Waals surface area contributed by atoms with Crippen LogP contribution in [-0.2, 0) is 6.18 Å². The van der Waals surface area contributed by atoms with Crippen molar-refractivity contribution in [2.24, 2.45) is 0 Å². The summed E-state index contributed by atoms with van der Waals surface area (Å²) < 4.78 is 38.9. The normalized spacial score (nSPS) is 13.4. The molecule has 0 amide bonds. The first kappa shape index (κ1) is 16.4. The molecule has 2 rings (SSSR count). The third-order valence-corrected chi connectivity index (χ3v) is 4.25. The van der Waals surface area contributed by atoms with Gasteiger partial charge in [-0.15, -0.1) is 11.3 Å². The zero-order chi connectivity index (χ0) is 15.5. The van der Waals surface area contributed by atoms with Gasteiger partial charge in [0, 0.05) is 27.9 Å². The van der Waals surface area contributed by atoms with E-state index in [1.54, 1.807) is 12.4 Å². The lowest BCUT2D eigenvalue weighted by Crippen LogP contribution is -2.22. The van der Waals surface area contributed by atoms with Crippen molar-refractivity contribution in [2.45, 2.75) is 25.6 Å². The lowest BCUT2D eigenvalue weighted by atomic mass is 10.1. The van der Waals surface area contributed by atoms with E-state index in [1.807, 2.05) is 13.0 Å². The van der Waals surface area contributed by atoms with E-state index in [-0.39, 0.29) is 6.04 Å². The highest BCUT2D eigenvalue weighted by molar-refractivity contribution is 9.10. The molecule has 2 aromatic rings. The molecule has 0 aromatic carbocycles. The summed E-state index contributed by atoms with van der Waals surface area (Å²) in [6.07, 6.45) is 1.03. The molecule has 0 aliphatic rings. The molecule has 114 valence electrons. The minimum atomic E-state index is -4.41. The highest BCUT2D eigenvalue weighted by Gasteiger charge is 2.35. The summed E-state index contributed by atoms with van der Waals surface area (Å²) in [6, 6.07) is 1.50. The zero-order valence-electron chi connectivity index (χ0n) is 11.1. The minimum absolute atomic E-state index is 0.344. The molecule has 0 fully saturated rings. The van der Waals surface area contributed by atoms with Gasteiger partial charge in [0.2, 0.25) is 0 Å². The van der Waals surface area contributed by atoms with Gasteiger partial charge in [-0.25, -0.2) is 4.98 Å². The molecule has 0 saturated carbocycles. The van der Waals surface area contributed by atoms with Gasteiger partial charge >= 0.3 is 6.18 Å². The Hall–Kier alpha value is -0.990. The van der Waals surface area contributed by atoms with Crippen LogP contribution < -0.4 is 5.32 Å². The molecule has 2 heterocycles. The van der Waals surface area contributed by atoms with Gasteiger partial charge in [0.25, 0.3) is 0 Å². The molecular weight excluding hydrogens is 367 g/mol. The second-order valence-corrected chi connectivity index (χ2v) is 6.37. The Kier molecular flexibility index (Phi) is 5.34. The van der Waals surface area contributed by atoms with Crippen molar-refractivity contribution in [1.29, 1.82) is 0 Å². The van der Waals surface area contributed by atoms with Gasteiger partial charge in [-0.1, -0.05) is 6.92 Å². The van der Waals surface area contributed by atoms with Gasteiger partial charge in [-0.05, 0) is 40.5 Å². The summed E-state index contributed by atoms with van der Waals surface area (Å²) in [5, 5.41) is 2.41. The Balaban J connectivity index is 2.34. The highest BCUT2D eigenvalue weighted by Crippen LogP contribution is 2.36. The van der Waals surface area contributed by atoms with Gasteiger partial charge in [-0.3, -0.25) is 4.98 Å². The van der Waals surface area contributed by atoms with Crippen LogP contribution in [0.3, 0.4) is 0 Å². The average molecular weight is 380 g/mol. The maximum absolute atomic E-state index is 12.7. The standard InChI is InChI=1S/C13H13BrF3N3S/c1-2-3-19-11(8-4-9(14)6-18-5-8)10-7-20-12(21-10)13(15,16)17/h4-7,11,19H,2-3H2,1H3. The van der Waals surface area contributed by atoms with Crippen molar-refractivity contribution in [3.05, 3.63) is 44.6 Å². The first-order valence-electron chi connectivity index (χ1n) is 6.28. The molecule has 3 nitrogen and oxygen atoms in total. The molecule has 1 N–H and O–H groups in total. The van der Waals surface area contributed by atoms with Gasteiger partial charge < -0.3 is 5.32 Å². The SMILES string of the molecule is CCCNC(c1cncc(Br)c1)c1cnc(C(F)(F)F)s1. The lowest BCUT2D eigenvalue weighted by molar-refractivity contribution is -0.137. The number of thiazole rings is 1. The predicted molar refractivity (Wildman–Crippen MR) is 79.2 cm³/mol. The molecular formula is C13H13BrF3N3S. The third kappa shape index (κ3) is 4.24. The van der Waals surface area contributed by atoms with E-state index in [0.29, 0.717) is 22.8 Å². The Bertz CT molecular complexity index is 600. The maximum Gasteiger partial charge on any atom is 0.443 e. The monoisotopic (exact) mass is 379 g/mol. The number of halogens is 4. The Morgan fingerprint density at radius 1 is 1.33 bits per heavy atom. The van der Waals surface area contributed by atoms with Gasteiger partial charge in [0.05, 0.1) is 6.04 Å². The van der Waals surface area contributed by atoms with Crippen LogP contribution >= 0.6 is 27.3 Å². The predicted octanol–water partition coefficient (Wildman–Crippen LogP) is 4.41. The number of hydrogen-bond donors (Lipinski definition) is 1. The van der Waals surface area contributed by atoms with Crippen molar-refractivity contribution in [3.8, 4) is 0 Å². The molecule has 0 spiro atoms. The van der Waals surface area contributed by atoms with Crippen molar-refractivity contribution in [3.63, 3.8) is 0 Å². The summed E-state index contributed by atoms with van der Waals surface area (Å²) in [6.45, 7) is 2.69. The summed E-state index contributed by atoms with van der Waals surface area (Å²) >= 11 is 3.98. The number of aromatic nitrogens is 2. The van der Waals surface area contributed by atoms with Crippen LogP contribution in [-0.4, -0.2) is 16.5 Å².